The maximum absolute atomic E-state index is 12.4. The van der Waals surface area contributed by atoms with Crippen molar-refractivity contribution >= 4 is 11.8 Å². The van der Waals surface area contributed by atoms with Crippen molar-refractivity contribution in [1.29, 1.82) is 5.26 Å². The van der Waals surface area contributed by atoms with Gasteiger partial charge in [0, 0.05) is 19.5 Å². The lowest BCUT2D eigenvalue weighted by molar-refractivity contribution is -0.134. The molecule has 1 aromatic rings. The third-order valence-electron chi connectivity index (χ3n) is 5.50. The van der Waals surface area contributed by atoms with E-state index in [-0.39, 0.29) is 17.9 Å². The zero-order chi connectivity index (χ0) is 18.5. The molecular formula is C20H25N3O3. The second kappa shape index (κ2) is 8.33. The molecule has 2 aliphatic heterocycles. The molecule has 0 bridgehead atoms. The summed E-state index contributed by atoms with van der Waals surface area (Å²) in [5.74, 6) is 0.208. The van der Waals surface area contributed by atoms with E-state index in [0.29, 0.717) is 30.7 Å². The fraction of sp³-hybridized carbons (Fsp3) is 0.550. The first kappa shape index (κ1) is 18.4. The summed E-state index contributed by atoms with van der Waals surface area (Å²) in [6, 6.07) is 9.48. The molecule has 1 aromatic carbocycles. The Kier molecular flexibility index (Phi) is 5.89. The number of likely N-dealkylation sites (tertiary alicyclic amines) is 1. The van der Waals surface area contributed by atoms with Crippen molar-refractivity contribution < 1.29 is 14.3 Å². The molecule has 2 atom stereocenters. The number of carbonyl (C=O) groups is 2. The number of carbonyl (C=O) groups excluding carboxylic acids is 2. The van der Waals surface area contributed by atoms with Crippen molar-refractivity contribution in [3.8, 4) is 6.07 Å². The molecular weight excluding hydrogens is 330 g/mol. The predicted octanol–water partition coefficient (Wildman–Crippen LogP) is 1.76. The van der Waals surface area contributed by atoms with Crippen LogP contribution >= 0.6 is 0 Å². The summed E-state index contributed by atoms with van der Waals surface area (Å²) in [6.45, 7) is 1.50. The fourth-order valence-corrected chi connectivity index (χ4v) is 3.89. The van der Waals surface area contributed by atoms with Gasteiger partial charge < -0.3 is 15.4 Å². The number of amides is 2. The summed E-state index contributed by atoms with van der Waals surface area (Å²) in [6.07, 6.45) is 4.26. The average Bonchev–Trinajstić information content (AvgIpc) is 3.17. The van der Waals surface area contributed by atoms with Crippen molar-refractivity contribution in [3.63, 3.8) is 0 Å². The van der Waals surface area contributed by atoms with Crippen LogP contribution in [0.15, 0.2) is 24.3 Å². The molecule has 0 aliphatic carbocycles. The van der Waals surface area contributed by atoms with Crippen LogP contribution in [-0.4, -0.2) is 42.0 Å². The van der Waals surface area contributed by atoms with Crippen LogP contribution in [0.2, 0.25) is 0 Å². The lowest BCUT2D eigenvalue weighted by atomic mass is 9.89. The Hall–Kier alpha value is -2.39. The number of benzene rings is 1. The highest BCUT2D eigenvalue weighted by Gasteiger charge is 2.36. The number of aryl methyl sites for hydroxylation is 1. The molecule has 2 saturated heterocycles. The van der Waals surface area contributed by atoms with Gasteiger partial charge in [-0.1, -0.05) is 12.1 Å². The SMILES string of the molecule is N#Cc1ccc(CCC(=O)N2CCC([C@@H]3CC[C@H](C(N)=O)O3)CC2)cc1. The molecule has 138 valence electrons. The summed E-state index contributed by atoms with van der Waals surface area (Å²) < 4.78 is 5.78. The molecule has 0 saturated carbocycles. The van der Waals surface area contributed by atoms with Gasteiger partial charge in [-0.25, -0.2) is 0 Å². The van der Waals surface area contributed by atoms with Gasteiger partial charge in [-0.2, -0.15) is 5.26 Å². The number of hydrogen-bond acceptors (Lipinski definition) is 4. The topological polar surface area (TPSA) is 96.4 Å². The lowest BCUT2D eigenvalue weighted by Gasteiger charge is -2.34. The quantitative estimate of drug-likeness (QED) is 0.870. The van der Waals surface area contributed by atoms with Crippen molar-refractivity contribution in [2.75, 3.05) is 13.1 Å². The van der Waals surface area contributed by atoms with Crippen LogP contribution in [0, 0.1) is 17.2 Å². The Morgan fingerprint density at radius 1 is 1.15 bits per heavy atom. The Labute approximate surface area is 153 Å². The number of nitriles is 1. The smallest absolute Gasteiger partial charge is 0.246 e. The largest absolute Gasteiger partial charge is 0.367 e. The predicted molar refractivity (Wildman–Crippen MR) is 95.9 cm³/mol. The number of rotatable bonds is 5. The molecule has 0 radical (unpaired) electrons. The highest BCUT2D eigenvalue weighted by molar-refractivity contribution is 5.79. The zero-order valence-electron chi connectivity index (χ0n) is 14.9. The molecule has 0 spiro atoms. The van der Waals surface area contributed by atoms with Gasteiger partial charge in [-0.3, -0.25) is 9.59 Å². The van der Waals surface area contributed by atoms with Crippen molar-refractivity contribution in [1.82, 2.24) is 4.90 Å². The van der Waals surface area contributed by atoms with Crippen LogP contribution in [-0.2, 0) is 20.7 Å². The Balaban J connectivity index is 1.42. The maximum atomic E-state index is 12.4. The van der Waals surface area contributed by atoms with E-state index in [4.69, 9.17) is 15.7 Å². The normalized spacial score (nSPS) is 23.6. The number of primary amides is 1. The van der Waals surface area contributed by atoms with Gasteiger partial charge in [0.1, 0.15) is 6.10 Å². The van der Waals surface area contributed by atoms with E-state index < -0.39 is 6.10 Å². The van der Waals surface area contributed by atoms with E-state index in [1.165, 1.54) is 0 Å². The molecule has 2 N–H and O–H groups in total. The fourth-order valence-electron chi connectivity index (χ4n) is 3.89. The van der Waals surface area contributed by atoms with Crippen molar-refractivity contribution in [2.45, 2.75) is 50.7 Å². The van der Waals surface area contributed by atoms with Crippen LogP contribution in [0.1, 0.15) is 43.2 Å². The molecule has 0 unspecified atom stereocenters. The zero-order valence-corrected chi connectivity index (χ0v) is 14.9. The van der Waals surface area contributed by atoms with Crippen molar-refractivity contribution in [2.24, 2.45) is 11.7 Å². The summed E-state index contributed by atoms with van der Waals surface area (Å²) in [7, 11) is 0. The molecule has 26 heavy (non-hydrogen) atoms. The maximum Gasteiger partial charge on any atom is 0.246 e. The minimum absolute atomic E-state index is 0.100. The number of nitrogens with two attached hydrogens (primary N) is 1. The third-order valence-corrected chi connectivity index (χ3v) is 5.50. The molecule has 2 aliphatic rings. The highest BCUT2D eigenvalue weighted by Crippen LogP contribution is 2.31. The van der Waals surface area contributed by atoms with Gasteiger partial charge in [-0.15, -0.1) is 0 Å². The van der Waals surface area contributed by atoms with Gasteiger partial charge in [0.05, 0.1) is 17.7 Å². The Morgan fingerprint density at radius 3 is 2.42 bits per heavy atom. The van der Waals surface area contributed by atoms with Crippen LogP contribution in [0.5, 0.6) is 0 Å². The first-order valence-electron chi connectivity index (χ1n) is 9.28. The summed E-state index contributed by atoms with van der Waals surface area (Å²) in [5, 5.41) is 8.82. The first-order valence-corrected chi connectivity index (χ1v) is 9.28. The molecule has 6 nitrogen and oxygen atoms in total. The summed E-state index contributed by atoms with van der Waals surface area (Å²) in [4.78, 5) is 25.6. The van der Waals surface area contributed by atoms with E-state index in [9.17, 15) is 9.59 Å². The van der Waals surface area contributed by atoms with E-state index in [0.717, 1.165) is 37.9 Å². The van der Waals surface area contributed by atoms with Gasteiger partial charge in [0.15, 0.2) is 0 Å². The second-order valence-electron chi connectivity index (χ2n) is 7.17. The molecule has 2 heterocycles. The summed E-state index contributed by atoms with van der Waals surface area (Å²) in [5.41, 5.74) is 7.02. The van der Waals surface area contributed by atoms with Crippen LogP contribution < -0.4 is 5.73 Å². The van der Waals surface area contributed by atoms with E-state index in [1.807, 2.05) is 17.0 Å². The third kappa shape index (κ3) is 4.41. The van der Waals surface area contributed by atoms with Crippen LogP contribution in [0.4, 0.5) is 0 Å². The Bertz CT molecular complexity index is 687. The number of hydrogen-bond donors (Lipinski definition) is 1. The van der Waals surface area contributed by atoms with Crippen LogP contribution in [0.25, 0.3) is 0 Å². The Morgan fingerprint density at radius 2 is 1.85 bits per heavy atom. The van der Waals surface area contributed by atoms with Gasteiger partial charge in [0.2, 0.25) is 11.8 Å². The van der Waals surface area contributed by atoms with Crippen molar-refractivity contribution in [3.05, 3.63) is 35.4 Å². The first-order chi connectivity index (χ1) is 12.6. The number of nitrogens with zero attached hydrogens (tertiary/aromatic N) is 2. The number of piperidine rings is 1. The van der Waals surface area contributed by atoms with Gasteiger partial charge >= 0.3 is 0 Å². The van der Waals surface area contributed by atoms with Crippen LogP contribution in [0.3, 0.4) is 0 Å². The summed E-state index contributed by atoms with van der Waals surface area (Å²) >= 11 is 0. The molecule has 0 aromatic heterocycles. The van der Waals surface area contributed by atoms with E-state index in [1.54, 1.807) is 12.1 Å². The average molecular weight is 355 g/mol. The highest BCUT2D eigenvalue weighted by atomic mass is 16.5. The lowest BCUT2D eigenvalue weighted by Crippen LogP contribution is -2.41. The molecule has 2 amide bonds. The van der Waals surface area contributed by atoms with E-state index in [2.05, 4.69) is 6.07 Å². The molecule has 3 rings (SSSR count). The minimum atomic E-state index is -0.438. The standard InChI is InChI=1S/C20H25N3O3/c21-13-15-3-1-14(2-4-15)5-8-19(24)23-11-9-16(10-12-23)17-6-7-18(26-17)20(22)25/h1-4,16-18H,5-12H2,(H2,22,25)/t17-,18+/m0/s1. The minimum Gasteiger partial charge on any atom is -0.367 e. The molecule has 2 fully saturated rings. The second-order valence-corrected chi connectivity index (χ2v) is 7.17. The van der Waals surface area contributed by atoms with Gasteiger partial charge in [0.25, 0.3) is 0 Å². The monoisotopic (exact) mass is 355 g/mol. The van der Waals surface area contributed by atoms with E-state index >= 15 is 0 Å². The molecule has 6 heteroatoms. The number of ether oxygens (including phenoxy) is 1. The van der Waals surface area contributed by atoms with Gasteiger partial charge in [-0.05, 0) is 55.7 Å².